The second kappa shape index (κ2) is 8.35. The highest BCUT2D eigenvalue weighted by Gasteiger charge is 2.16. The van der Waals surface area contributed by atoms with Crippen LogP contribution in [0.1, 0.15) is 15.9 Å². The van der Waals surface area contributed by atoms with E-state index in [0.717, 1.165) is 0 Å². The Balaban J connectivity index is 1.50. The number of ether oxygens (including phenoxy) is 2. The maximum atomic E-state index is 12.1. The molecule has 0 spiro atoms. The van der Waals surface area contributed by atoms with E-state index in [0.29, 0.717) is 22.6 Å². The Bertz CT molecular complexity index is 978. The number of hydrogen-bond acceptors (Lipinski definition) is 7. The fourth-order valence-corrected chi connectivity index (χ4v) is 2.46. The average molecular weight is 405 g/mol. The van der Waals surface area contributed by atoms with Crippen LogP contribution in [0.5, 0.6) is 11.5 Å². The van der Waals surface area contributed by atoms with Crippen LogP contribution in [0.25, 0.3) is 0 Å². The van der Waals surface area contributed by atoms with E-state index in [-0.39, 0.29) is 24.0 Å². The zero-order valence-electron chi connectivity index (χ0n) is 14.2. The summed E-state index contributed by atoms with van der Waals surface area (Å²) in [5, 5.41) is 17.0. The Morgan fingerprint density at radius 3 is 2.79 bits per heavy atom. The van der Waals surface area contributed by atoms with Crippen LogP contribution in [0.3, 0.4) is 0 Å². The lowest BCUT2D eigenvalue weighted by atomic mass is 10.2. The summed E-state index contributed by atoms with van der Waals surface area (Å²) in [5.74, 6) is -0.0376. The van der Waals surface area contributed by atoms with E-state index >= 15 is 0 Å². The molecule has 1 heterocycles. The number of nitrogens with one attached hydrogen (secondary N) is 2. The molecular formula is C17H13ClN4O6. The molecule has 3 rings (SSSR count). The largest absolute Gasteiger partial charge is 0.454 e. The van der Waals surface area contributed by atoms with Gasteiger partial charge in [-0.2, -0.15) is 5.10 Å². The van der Waals surface area contributed by atoms with Crippen molar-refractivity contribution in [3.05, 3.63) is 62.7 Å². The van der Waals surface area contributed by atoms with Gasteiger partial charge in [-0.1, -0.05) is 17.7 Å². The summed E-state index contributed by atoms with van der Waals surface area (Å²) in [6.45, 7) is -0.219. The molecule has 11 heteroatoms. The van der Waals surface area contributed by atoms with Gasteiger partial charge in [0.2, 0.25) is 6.79 Å². The van der Waals surface area contributed by atoms with Gasteiger partial charge in [-0.15, -0.1) is 0 Å². The first-order valence-corrected chi connectivity index (χ1v) is 8.25. The Morgan fingerprint density at radius 1 is 1.21 bits per heavy atom. The number of carbonyl (C=O) groups excluding carboxylic acids is 2. The second-order valence-electron chi connectivity index (χ2n) is 5.51. The van der Waals surface area contributed by atoms with Crippen molar-refractivity contribution in [1.82, 2.24) is 10.7 Å². The van der Waals surface area contributed by atoms with Crippen molar-refractivity contribution in [3.63, 3.8) is 0 Å². The minimum atomic E-state index is -0.621. The molecule has 2 amide bonds. The number of nitro benzene ring substituents is 1. The molecule has 0 aromatic heterocycles. The van der Waals surface area contributed by atoms with Crippen LogP contribution in [0.15, 0.2) is 41.5 Å². The molecular weight excluding hydrogens is 392 g/mol. The van der Waals surface area contributed by atoms with Crippen molar-refractivity contribution < 1.29 is 24.0 Å². The quantitative estimate of drug-likeness (QED) is 0.429. The molecule has 10 nitrogen and oxygen atoms in total. The lowest BCUT2D eigenvalue weighted by Crippen LogP contribution is -2.34. The van der Waals surface area contributed by atoms with E-state index < -0.39 is 16.7 Å². The van der Waals surface area contributed by atoms with E-state index in [4.69, 9.17) is 21.1 Å². The van der Waals surface area contributed by atoms with Crippen LogP contribution >= 0.6 is 11.6 Å². The monoisotopic (exact) mass is 404 g/mol. The summed E-state index contributed by atoms with van der Waals surface area (Å²) in [7, 11) is 0. The first kappa shape index (κ1) is 19.1. The summed E-state index contributed by atoms with van der Waals surface area (Å²) in [6, 6.07) is 8.75. The third-order valence-electron chi connectivity index (χ3n) is 3.61. The molecule has 0 radical (unpaired) electrons. The summed E-state index contributed by atoms with van der Waals surface area (Å²) in [6.07, 6.45) is 1.22. The average Bonchev–Trinajstić information content (AvgIpc) is 3.15. The van der Waals surface area contributed by atoms with Gasteiger partial charge < -0.3 is 14.8 Å². The summed E-state index contributed by atoms with van der Waals surface area (Å²) in [4.78, 5) is 34.1. The number of hydrogen-bond donors (Lipinski definition) is 2. The number of hydrazone groups is 1. The van der Waals surface area contributed by atoms with Crippen LogP contribution in [0.2, 0.25) is 5.02 Å². The smallest absolute Gasteiger partial charge is 0.288 e. The van der Waals surface area contributed by atoms with Gasteiger partial charge in [0.1, 0.15) is 5.02 Å². The molecule has 1 aliphatic rings. The number of halogens is 1. The van der Waals surface area contributed by atoms with Crippen molar-refractivity contribution in [2.24, 2.45) is 5.10 Å². The zero-order chi connectivity index (χ0) is 20.1. The molecule has 2 N–H and O–H groups in total. The predicted octanol–water partition coefficient (Wildman–Crippen LogP) is 1.86. The normalized spacial score (nSPS) is 12.0. The number of benzene rings is 2. The predicted molar refractivity (Wildman–Crippen MR) is 98.7 cm³/mol. The number of nitro groups is 1. The van der Waals surface area contributed by atoms with Crippen LogP contribution < -0.4 is 20.2 Å². The Kier molecular flexibility index (Phi) is 5.70. The van der Waals surface area contributed by atoms with Gasteiger partial charge >= 0.3 is 0 Å². The van der Waals surface area contributed by atoms with E-state index in [2.05, 4.69) is 15.8 Å². The van der Waals surface area contributed by atoms with Crippen molar-refractivity contribution in [1.29, 1.82) is 0 Å². The van der Waals surface area contributed by atoms with E-state index in [1.165, 1.54) is 30.5 Å². The van der Waals surface area contributed by atoms with Gasteiger partial charge in [0.25, 0.3) is 17.5 Å². The lowest BCUT2D eigenvalue weighted by molar-refractivity contribution is -0.384. The van der Waals surface area contributed by atoms with Crippen molar-refractivity contribution in [2.45, 2.75) is 0 Å². The molecule has 0 saturated heterocycles. The molecule has 144 valence electrons. The third-order valence-corrected chi connectivity index (χ3v) is 3.93. The van der Waals surface area contributed by atoms with Gasteiger partial charge in [0.05, 0.1) is 17.7 Å². The number of rotatable bonds is 6. The highest BCUT2D eigenvalue weighted by atomic mass is 35.5. The zero-order valence-corrected chi connectivity index (χ0v) is 14.9. The molecule has 0 bridgehead atoms. The SMILES string of the molecule is O=C(CNC(=O)c1ccc2c(c1)OCO2)N/N=C/c1ccc(Cl)c([N+](=O)[O-])c1. The molecule has 1 aliphatic heterocycles. The van der Waals surface area contributed by atoms with Gasteiger partial charge in [-0.25, -0.2) is 5.43 Å². The van der Waals surface area contributed by atoms with Crippen LogP contribution in [-0.4, -0.2) is 36.3 Å². The van der Waals surface area contributed by atoms with Crippen molar-refractivity contribution in [2.75, 3.05) is 13.3 Å². The topological polar surface area (TPSA) is 132 Å². The fourth-order valence-electron chi connectivity index (χ4n) is 2.27. The molecule has 0 unspecified atom stereocenters. The van der Waals surface area contributed by atoms with Crippen LogP contribution in [0, 0.1) is 10.1 Å². The maximum absolute atomic E-state index is 12.1. The Hall–Kier alpha value is -3.66. The van der Waals surface area contributed by atoms with Crippen molar-refractivity contribution >= 4 is 35.3 Å². The number of fused-ring (bicyclic) bond motifs is 1. The first-order valence-electron chi connectivity index (χ1n) is 7.88. The molecule has 28 heavy (non-hydrogen) atoms. The minimum absolute atomic E-state index is 0.00239. The minimum Gasteiger partial charge on any atom is -0.454 e. The van der Waals surface area contributed by atoms with Crippen LogP contribution in [-0.2, 0) is 4.79 Å². The Morgan fingerprint density at radius 2 is 2.00 bits per heavy atom. The number of amides is 2. The summed E-state index contributed by atoms with van der Waals surface area (Å²) >= 11 is 5.72. The molecule has 2 aromatic rings. The first-order chi connectivity index (χ1) is 13.4. The molecule has 0 fully saturated rings. The van der Waals surface area contributed by atoms with E-state index in [9.17, 15) is 19.7 Å². The Labute approximate surface area is 163 Å². The van der Waals surface area contributed by atoms with Gasteiger partial charge in [-0.05, 0) is 24.3 Å². The van der Waals surface area contributed by atoms with Gasteiger partial charge in [-0.3, -0.25) is 19.7 Å². The number of carbonyl (C=O) groups is 2. The van der Waals surface area contributed by atoms with Gasteiger partial charge in [0.15, 0.2) is 11.5 Å². The lowest BCUT2D eigenvalue weighted by Gasteiger charge is -2.05. The summed E-state index contributed by atoms with van der Waals surface area (Å²) in [5.41, 5.74) is 2.63. The fraction of sp³-hybridized carbons (Fsp3) is 0.118. The highest BCUT2D eigenvalue weighted by Crippen LogP contribution is 2.32. The van der Waals surface area contributed by atoms with Crippen LogP contribution in [0.4, 0.5) is 5.69 Å². The van der Waals surface area contributed by atoms with E-state index in [1.54, 1.807) is 12.1 Å². The maximum Gasteiger partial charge on any atom is 0.288 e. The third kappa shape index (κ3) is 4.54. The van der Waals surface area contributed by atoms with Crippen molar-refractivity contribution in [3.8, 4) is 11.5 Å². The molecule has 2 aromatic carbocycles. The second-order valence-corrected chi connectivity index (χ2v) is 5.92. The highest BCUT2D eigenvalue weighted by molar-refractivity contribution is 6.32. The molecule has 0 aliphatic carbocycles. The molecule has 0 atom stereocenters. The standard InChI is InChI=1S/C17H13ClN4O6/c18-12-3-1-10(5-13(12)22(25)26)7-20-21-16(23)8-19-17(24)11-2-4-14-15(6-11)28-9-27-14/h1-7H,8-9H2,(H,19,24)(H,21,23)/b20-7+. The van der Waals surface area contributed by atoms with E-state index in [1.807, 2.05) is 0 Å². The summed E-state index contributed by atoms with van der Waals surface area (Å²) < 4.78 is 10.4. The molecule has 0 saturated carbocycles. The van der Waals surface area contributed by atoms with Gasteiger partial charge in [0, 0.05) is 17.2 Å². The number of nitrogens with zero attached hydrogens (tertiary/aromatic N) is 2.